The van der Waals surface area contributed by atoms with E-state index in [0.29, 0.717) is 4.90 Å². The minimum Gasteiger partial charge on any atom is -0.481 e. The van der Waals surface area contributed by atoms with Crippen molar-refractivity contribution in [2.75, 3.05) is 26.2 Å². The zero-order valence-corrected chi connectivity index (χ0v) is 11.5. The number of likely N-dealkylation sites (tertiary alicyclic amines) is 1. The summed E-state index contributed by atoms with van der Waals surface area (Å²) in [5.74, 6) is -3.09. The maximum atomic E-state index is 12.3. The summed E-state index contributed by atoms with van der Waals surface area (Å²) in [6.07, 6.45) is -5.01. The number of aliphatic carboxylic acids is 1. The third-order valence-corrected chi connectivity index (χ3v) is 3.22. The first-order chi connectivity index (χ1) is 9.64. The van der Waals surface area contributed by atoms with Gasteiger partial charge >= 0.3 is 12.1 Å². The first-order valence-corrected chi connectivity index (χ1v) is 6.49. The predicted octanol–water partition coefficient (Wildman–Crippen LogP) is 0.720. The predicted molar refractivity (Wildman–Crippen MR) is 65.2 cm³/mol. The SMILES string of the molecule is CCN(CCC(=O)O)C(=O)C1CC(=O)N(CC(F)(F)F)C1. The lowest BCUT2D eigenvalue weighted by Gasteiger charge is -2.24. The van der Waals surface area contributed by atoms with E-state index >= 15 is 0 Å². The molecule has 0 spiro atoms. The fourth-order valence-corrected chi connectivity index (χ4v) is 2.22. The molecule has 1 fully saturated rings. The molecule has 120 valence electrons. The number of carboxylic acid groups (broad SMARTS) is 1. The smallest absolute Gasteiger partial charge is 0.406 e. The third kappa shape index (κ3) is 5.24. The highest BCUT2D eigenvalue weighted by Crippen LogP contribution is 2.25. The zero-order valence-electron chi connectivity index (χ0n) is 11.5. The van der Waals surface area contributed by atoms with Crippen molar-refractivity contribution < 1.29 is 32.7 Å². The topological polar surface area (TPSA) is 77.9 Å². The molecule has 1 aliphatic heterocycles. The van der Waals surface area contributed by atoms with E-state index in [1.54, 1.807) is 6.92 Å². The molecule has 21 heavy (non-hydrogen) atoms. The van der Waals surface area contributed by atoms with Crippen molar-refractivity contribution in [3.05, 3.63) is 0 Å². The highest BCUT2D eigenvalue weighted by atomic mass is 19.4. The lowest BCUT2D eigenvalue weighted by molar-refractivity contribution is -0.157. The first-order valence-electron chi connectivity index (χ1n) is 6.49. The molecule has 0 aromatic heterocycles. The fraction of sp³-hybridized carbons (Fsp3) is 0.750. The second-order valence-electron chi connectivity index (χ2n) is 4.85. The van der Waals surface area contributed by atoms with Crippen LogP contribution < -0.4 is 0 Å². The van der Waals surface area contributed by atoms with E-state index in [1.807, 2.05) is 0 Å². The maximum absolute atomic E-state index is 12.3. The van der Waals surface area contributed by atoms with Crippen LogP contribution in [0.15, 0.2) is 0 Å². The van der Waals surface area contributed by atoms with Crippen LogP contribution in [0, 0.1) is 5.92 Å². The molecule has 1 atom stereocenters. The minimum absolute atomic E-state index is 0.0192. The van der Waals surface area contributed by atoms with Crippen LogP contribution in [0.4, 0.5) is 13.2 Å². The highest BCUT2D eigenvalue weighted by molar-refractivity contribution is 5.89. The summed E-state index contributed by atoms with van der Waals surface area (Å²) in [5, 5.41) is 8.59. The summed E-state index contributed by atoms with van der Waals surface area (Å²) in [7, 11) is 0. The second-order valence-corrected chi connectivity index (χ2v) is 4.85. The molecule has 1 saturated heterocycles. The minimum atomic E-state index is -4.50. The van der Waals surface area contributed by atoms with E-state index < -0.39 is 36.4 Å². The summed E-state index contributed by atoms with van der Waals surface area (Å²) in [6, 6.07) is 0. The first kappa shape index (κ1) is 17.3. The molecule has 1 rings (SSSR count). The molecule has 2 amide bonds. The van der Waals surface area contributed by atoms with Crippen molar-refractivity contribution in [1.29, 1.82) is 0 Å². The van der Waals surface area contributed by atoms with Gasteiger partial charge < -0.3 is 14.9 Å². The van der Waals surface area contributed by atoms with Crippen molar-refractivity contribution in [1.82, 2.24) is 9.80 Å². The lowest BCUT2D eigenvalue weighted by Crippen LogP contribution is -2.40. The van der Waals surface area contributed by atoms with Gasteiger partial charge in [-0.3, -0.25) is 14.4 Å². The summed E-state index contributed by atoms with van der Waals surface area (Å²) in [4.78, 5) is 36.0. The van der Waals surface area contributed by atoms with Crippen LogP contribution in [0.1, 0.15) is 19.8 Å². The van der Waals surface area contributed by atoms with Gasteiger partial charge in [0.2, 0.25) is 11.8 Å². The van der Waals surface area contributed by atoms with Gasteiger partial charge in [-0.2, -0.15) is 13.2 Å². The molecule has 1 heterocycles. The molecule has 0 aromatic rings. The molecule has 0 radical (unpaired) electrons. The number of amides is 2. The number of nitrogens with zero attached hydrogens (tertiary/aromatic N) is 2. The second kappa shape index (κ2) is 6.77. The van der Waals surface area contributed by atoms with Crippen LogP contribution in [-0.2, 0) is 14.4 Å². The van der Waals surface area contributed by atoms with Crippen LogP contribution >= 0.6 is 0 Å². The number of rotatable bonds is 6. The summed E-state index contributed by atoms with van der Waals surface area (Å²) in [6.45, 7) is 0.228. The molecule has 6 nitrogen and oxygen atoms in total. The number of alkyl halides is 3. The Hall–Kier alpha value is -1.80. The number of carbonyl (C=O) groups excluding carboxylic acids is 2. The molecule has 0 bridgehead atoms. The number of halogens is 3. The Balaban J connectivity index is 2.62. The Labute approximate surface area is 119 Å². The van der Waals surface area contributed by atoms with Crippen molar-refractivity contribution >= 4 is 17.8 Å². The fourth-order valence-electron chi connectivity index (χ4n) is 2.22. The van der Waals surface area contributed by atoms with Crippen LogP contribution in [0.2, 0.25) is 0 Å². The van der Waals surface area contributed by atoms with Crippen LogP contribution in [-0.4, -0.2) is 65.0 Å². The van der Waals surface area contributed by atoms with E-state index in [4.69, 9.17) is 5.11 Å². The van der Waals surface area contributed by atoms with Gasteiger partial charge in [0.1, 0.15) is 6.54 Å². The standard InChI is InChI=1S/C12H17F3N2O4/c1-2-16(4-3-10(19)20)11(21)8-5-9(18)17(6-8)7-12(13,14)15/h8H,2-7H2,1H3,(H,19,20). The van der Waals surface area contributed by atoms with Gasteiger partial charge in [-0.25, -0.2) is 0 Å². The Bertz CT molecular complexity index is 425. The van der Waals surface area contributed by atoms with Gasteiger partial charge in [-0.05, 0) is 6.92 Å². The average Bonchev–Trinajstić information content (AvgIpc) is 2.69. The van der Waals surface area contributed by atoms with Crippen molar-refractivity contribution in [2.24, 2.45) is 5.92 Å². The maximum Gasteiger partial charge on any atom is 0.406 e. The lowest BCUT2D eigenvalue weighted by atomic mass is 10.1. The molecule has 0 aliphatic carbocycles. The summed E-state index contributed by atoms with van der Waals surface area (Å²) < 4.78 is 36.9. The molecule has 0 aromatic carbocycles. The van der Waals surface area contributed by atoms with Crippen molar-refractivity contribution in [3.8, 4) is 0 Å². The Morgan fingerprint density at radius 1 is 1.43 bits per heavy atom. The Morgan fingerprint density at radius 3 is 2.52 bits per heavy atom. The van der Waals surface area contributed by atoms with Crippen LogP contribution in [0.3, 0.4) is 0 Å². The van der Waals surface area contributed by atoms with Gasteiger partial charge in [0, 0.05) is 26.1 Å². The zero-order chi connectivity index (χ0) is 16.2. The number of carboxylic acids is 1. The molecule has 0 saturated carbocycles. The van der Waals surface area contributed by atoms with E-state index in [0.717, 1.165) is 0 Å². The van der Waals surface area contributed by atoms with Gasteiger partial charge in [0.25, 0.3) is 0 Å². The van der Waals surface area contributed by atoms with E-state index in [9.17, 15) is 27.6 Å². The van der Waals surface area contributed by atoms with E-state index in [1.165, 1.54) is 4.90 Å². The van der Waals surface area contributed by atoms with E-state index in [2.05, 4.69) is 0 Å². The van der Waals surface area contributed by atoms with Crippen molar-refractivity contribution in [3.63, 3.8) is 0 Å². The summed E-state index contributed by atoms with van der Waals surface area (Å²) in [5.41, 5.74) is 0. The normalized spacial score (nSPS) is 19.0. The van der Waals surface area contributed by atoms with E-state index in [-0.39, 0.29) is 32.5 Å². The molecule has 1 unspecified atom stereocenters. The largest absolute Gasteiger partial charge is 0.481 e. The number of hydrogen-bond donors (Lipinski definition) is 1. The molecule has 1 N–H and O–H groups in total. The van der Waals surface area contributed by atoms with Crippen LogP contribution in [0.25, 0.3) is 0 Å². The van der Waals surface area contributed by atoms with Gasteiger partial charge in [-0.15, -0.1) is 0 Å². The van der Waals surface area contributed by atoms with Gasteiger partial charge in [-0.1, -0.05) is 0 Å². The molecule has 9 heteroatoms. The Morgan fingerprint density at radius 2 is 2.05 bits per heavy atom. The summed E-state index contributed by atoms with van der Waals surface area (Å²) >= 11 is 0. The van der Waals surface area contributed by atoms with Gasteiger partial charge in [0.15, 0.2) is 0 Å². The average molecular weight is 310 g/mol. The monoisotopic (exact) mass is 310 g/mol. The van der Waals surface area contributed by atoms with Crippen molar-refractivity contribution in [2.45, 2.75) is 25.9 Å². The van der Waals surface area contributed by atoms with Crippen LogP contribution in [0.5, 0.6) is 0 Å². The quantitative estimate of drug-likeness (QED) is 0.784. The Kier molecular flexibility index (Phi) is 5.56. The molecule has 1 aliphatic rings. The number of carbonyl (C=O) groups is 3. The molecular formula is C12H17F3N2O4. The molecular weight excluding hydrogens is 293 g/mol. The van der Waals surface area contributed by atoms with Gasteiger partial charge in [0.05, 0.1) is 12.3 Å². The number of hydrogen-bond acceptors (Lipinski definition) is 3. The third-order valence-electron chi connectivity index (χ3n) is 3.22. The highest BCUT2D eigenvalue weighted by Gasteiger charge is 2.41.